The second-order valence-electron chi connectivity index (χ2n) is 3.54. The average molecular weight is 200 g/mol. The summed E-state index contributed by atoms with van der Waals surface area (Å²) in [7, 11) is 0. The van der Waals surface area contributed by atoms with Crippen LogP contribution in [-0.2, 0) is 9.53 Å². The Kier molecular flexibility index (Phi) is 4.90. The highest BCUT2D eigenvalue weighted by atomic mass is 16.5. The van der Waals surface area contributed by atoms with Gasteiger partial charge >= 0.3 is 0 Å². The molecule has 1 rings (SSSR count). The molecule has 1 fully saturated rings. The van der Waals surface area contributed by atoms with Gasteiger partial charge in [0.05, 0.1) is 12.7 Å². The Balaban J connectivity index is 2.20. The number of nitrogens with one attached hydrogen (secondary N) is 1. The molecule has 1 aliphatic rings. The molecule has 1 N–H and O–H groups in total. The number of nitrogens with zero attached hydrogens (tertiary/aromatic N) is 1. The van der Waals surface area contributed by atoms with Gasteiger partial charge < -0.3 is 10.1 Å². The van der Waals surface area contributed by atoms with Crippen LogP contribution < -0.4 is 5.32 Å². The Labute approximate surface area is 85.6 Å². The molecule has 1 aliphatic heterocycles. The molecule has 1 amide bonds. The van der Waals surface area contributed by atoms with E-state index in [4.69, 9.17) is 4.74 Å². The first-order chi connectivity index (χ1) is 6.76. The average Bonchev–Trinajstić information content (AvgIpc) is 2.26. The minimum Gasteiger partial charge on any atom is -0.374 e. The van der Waals surface area contributed by atoms with Crippen LogP contribution >= 0.6 is 0 Å². The summed E-state index contributed by atoms with van der Waals surface area (Å²) >= 11 is 0. The maximum Gasteiger partial charge on any atom is 0.219 e. The SMILES string of the molecule is CCC(=O)NCC1CN(CC)CCO1. The quantitative estimate of drug-likeness (QED) is 0.706. The summed E-state index contributed by atoms with van der Waals surface area (Å²) in [6.07, 6.45) is 0.712. The van der Waals surface area contributed by atoms with E-state index >= 15 is 0 Å². The van der Waals surface area contributed by atoms with E-state index in [9.17, 15) is 4.79 Å². The lowest BCUT2D eigenvalue weighted by molar-refractivity contribution is -0.122. The van der Waals surface area contributed by atoms with E-state index in [1.807, 2.05) is 6.92 Å². The topological polar surface area (TPSA) is 41.6 Å². The Morgan fingerprint density at radius 3 is 3.00 bits per heavy atom. The van der Waals surface area contributed by atoms with E-state index in [0.717, 1.165) is 26.2 Å². The molecule has 0 aliphatic carbocycles. The van der Waals surface area contributed by atoms with Gasteiger partial charge in [-0.2, -0.15) is 0 Å². The van der Waals surface area contributed by atoms with Crippen LogP contribution in [0.5, 0.6) is 0 Å². The van der Waals surface area contributed by atoms with Crippen molar-refractivity contribution in [3.05, 3.63) is 0 Å². The van der Waals surface area contributed by atoms with Crippen LogP contribution in [0.15, 0.2) is 0 Å². The second-order valence-corrected chi connectivity index (χ2v) is 3.54. The summed E-state index contributed by atoms with van der Waals surface area (Å²) in [5, 5.41) is 2.86. The van der Waals surface area contributed by atoms with Crippen LogP contribution in [0.1, 0.15) is 20.3 Å². The van der Waals surface area contributed by atoms with Crippen molar-refractivity contribution in [3.8, 4) is 0 Å². The number of likely N-dealkylation sites (N-methyl/N-ethyl adjacent to an activating group) is 1. The van der Waals surface area contributed by atoms with E-state index < -0.39 is 0 Å². The molecule has 0 aromatic rings. The molecule has 1 atom stereocenters. The lowest BCUT2D eigenvalue weighted by atomic mass is 10.2. The molecule has 82 valence electrons. The summed E-state index contributed by atoms with van der Waals surface area (Å²) in [6, 6.07) is 0. The molecule has 0 radical (unpaired) electrons. The Hall–Kier alpha value is -0.610. The molecule has 1 unspecified atom stereocenters. The smallest absolute Gasteiger partial charge is 0.219 e. The van der Waals surface area contributed by atoms with Crippen molar-refractivity contribution in [1.82, 2.24) is 10.2 Å². The molecule has 1 heterocycles. The monoisotopic (exact) mass is 200 g/mol. The summed E-state index contributed by atoms with van der Waals surface area (Å²) in [4.78, 5) is 13.4. The Bertz CT molecular complexity index is 185. The van der Waals surface area contributed by atoms with Gasteiger partial charge in [0.1, 0.15) is 0 Å². The van der Waals surface area contributed by atoms with Gasteiger partial charge in [-0.3, -0.25) is 9.69 Å². The van der Waals surface area contributed by atoms with Crippen molar-refractivity contribution in [2.45, 2.75) is 26.4 Å². The van der Waals surface area contributed by atoms with E-state index in [1.54, 1.807) is 0 Å². The molecule has 1 saturated heterocycles. The third kappa shape index (κ3) is 3.64. The molecule has 0 saturated carbocycles. The number of hydrogen-bond acceptors (Lipinski definition) is 3. The van der Waals surface area contributed by atoms with Gasteiger partial charge in [0, 0.05) is 26.1 Å². The van der Waals surface area contributed by atoms with Crippen LogP contribution in [0.25, 0.3) is 0 Å². The standard InChI is InChI=1S/C10H20N2O2/c1-3-10(13)11-7-9-8-12(4-2)5-6-14-9/h9H,3-8H2,1-2H3,(H,11,13). The first kappa shape index (κ1) is 11.5. The molecule has 0 aromatic carbocycles. The third-order valence-electron chi connectivity index (χ3n) is 2.52. The fourth-order valence-electron chi connectivity index (χ4n) is 1.54. The van der Waals surface area contributed by atoms with Crippen molar-refractivity contribution < 1.29 is 9.53 Å². The van der Waals surface area contributed by atoms with Crippen LogP contribution in [0, 0.1) is 0 Å². The summed E-state index contributed by atoms with van der Waals surface area (Å²) in [5.74, 6) is 0.0993. The minimum absolute atomic E-state index is 0.0993. The largest absolute Gasteiger partial charge is 0.374 e. The van der Waals surface area contributed by atoms with Crippen LogP contribution in [0.4, 0.5) is 0 Å². The van der Waals surface area contributed by atoms with Crippen molar-refractivity contribution in [2.75, 3.05) is 32.8 Å². The van der Waals surface area contributed by atoms with E-state index in [0.29, 0.717) is 13.0 Å². The van der Waals surface area contributed by atoms with Gasteiger partial charge in [-0.05, 0) is 6.54 Å². The van der Waals surface area contributed by atoms with Crippen molar-refractivity contribution in [2.24, 2.45) is 0 Å². The number of hydrogen-bond donors (Lipinski definition) is 1. The molecule has 0 spiro atoms. The zero-order chi connectivity index (χ0) is 10.4. The van der Waals surface area contributed by atoms with Gasteiger partial charge in [0.15, 0.2) is 0 Å². The van der Waals surface area contributed by atoms with Gasteiger partial charge in [-0.15, -0.1) is 0 Å². The van der Waals surface area contributed by atoms with E-state index in [1.165, 1.54) is 0 Å². The zero-order valence-electron chi connectivity index (χ0n) is 9.08. The second kappa shape index (κ2) is 5.98. The fourth-order valence-corrected chi connectivity index (χ4v) is 1.54. The van der Waals surface area contributed by atoms with Gasteiger partial charge in [-0.25, -0.2) is 0 Å². The van der Waals surface area contributed by atoms with Crippen LogP contribution in [0.3, 0.4) is 0 Å². The maximum atomic E-state index is 11.0. The number of ether oxygens (including phenoxy) is 1. The van der Waals surface area contributed by atoms with Crippen molar-refractivity contribution in [1.29, 1.82) is 0 Å². The molecule has 4 heteroatoms. The number of morpholine rings is 1. The Morgan fingerprint density at radius 1 is 1.57 bits per heavy atom. The maximum absolute atomic E-state index is 11.0. The normalized spacial score (nSPS) is 23.4. The van der Waals surface area contributed by atoms with E-state index in [2.05, 4.69) is 17.1 Å². The van der Waals surface area contributed by atoms with Gasteiger partial charge in [0.25, 0.3) is 0 Å². The van der Waals surface area contributed by atoms with Gasteiger partial charge in [0.2, 0.25) is 5.91 Å². The predicted molar refractivity (Wildman–Crippen MR) is 55.2 cm³/mol. The minimum atomic E-state index is 0.0993. The summed E-state index contributed by atoms with van der Waals surface area (Å²) in [5.41, 5.74) is 0. The molecule has 0 bridgehead atoms. The highest BCUT2D eigenvalue weighted by Crippen LogP contribution is 2.03. The number of carbonyl (C=O) groups is 1. The number of amides is 1. The molecular weight excluding hydrogens is 180 g/mol. The number of rotatable bonds is 4. The van der Waals surface area contributed by atoms with E-state index in [-0.39, 0.29) is 12.0 Å². The predicted octanol–water partition coefficient (Wildman–Crippen LogP) is 0.233. The van der Waals surface area contributed by atoms with Crippen molar-refractivity contribution in [3.63, 3.8) is 0 Å². The Morgan fingerprint density at radius 2 is 2.36 bits per heavy atom. The zero-order valence-corrected chi connectivity index (χ0v) is 9.08. The van der Waals surface area contributed by atoms with Crippen LogP contribution in [0.2, 0.25) is 0 Å². The highest BCUT2D eigenvalue weighted by Gasteiger charge is 2.19. The lowest BCUT2D eigenvalue weighted by Crippen LogP contribution is -2.47. The number of carbonyl (C=O) groups excluding carboxylic acids is 1. The van der Waals surface area contributed by atoms with Crippen LogP contribution in [-0.4, -0.2) is 49.7 Å². The third-order valence-corrected chi connectivity index (χ3v) is 2.52. The molecule has 0 aromatic heterocycles. The summed E-state index contributed by atoms with van der Waals surface area (Å²) in [6.45, 7) is 8.42. The first-order valence-electron chi connectivity index (χ1n) is 5.37. The van der Waals surface area contributed by atoms with Crippen molar-refractivity contribution >= 4 is 5.91 Å². The molecule has 14 heavy (non-hydrogen) atoms. The molecular formula is C10H20N2O2. The summed E-state index contributed by atoms with van der Waals surface area (Å²) < 4.78 is 5.55. The highest BCUT2D eigenvalue weighted by molar-refractivity contribution is 5.75. The fraction of sp³-hybridized carbons (Fsp3) is 0.900. The molecule has 4 nitrogen and oxygen atoms in total. The van der Waals surface area contributed by atoms with Gasteiger partial charge in [-0.1, -0.05) is 13.8 Å². The first-order valence-corrected chi connectivity index (χ1v) is 5.37. The lowest BCUT2D eigenvalue weighted by Gasteiger charge is -2.32.